The van der Waals surface area contributed by atoms with Crippen molar-refractivity contribution in [2.24, 2.45) is 0 Å². The molecule has 0 saturated heterocycles. The highest BCUT2D eigenvalue weighted by molar-refractivity contribution is 5.83. The van der Waals surface area contributed by atoms with E-state index in [4.69, 9.17) is 4.74 Å². The van der Waals surface area contributed by atoms with E-state index in [2.05, 4.69) is 0 Å². The Morgan fingerprint density at radius 3 is 2.55 bits per heavy atom. The van der Waals surface area contributed by atoms with Crippen molar-refractivity contribution >= 4 is 12.1 Å². The van der Waals surface area contributed by atoms with Gasteiger partial charge in [-0.15, -0.1) is 0 Å². The molecule has 0 aliphatic heterocycles. The van der Waals surface area contributed by atoms with E-state index in [1.165, 1.54) is 0 Å². The van der Waals surface area contributed by atoms with Crippen molar-refractivity contribution in [3.05, 3.63) is 40.0 Å². The molecule has 0 fully saturated rings. The minimum absolute atomic E-state index is 0.0169. The van der Waals surface area contributed by atoms with Crippen LogP contribution in [-0.4, -0.2) is 24.3 Å². The highest BCUT2D eigenvalue weighted by Gasteiger charge is 2.14. The summed E-state index contributed by atoms with van der Waals surface area (Å²) in [5, 5.41) is 10.3. The monoisotopic (exact) mass is 304 g/mol. The fourth-order valence-corrected chi connectivity index (χ4v) is 2.32. The van der Waals surface area contributed by atoms with Crippen molar-refractivity contribution in [2.45, 2.75) is 46.6 Å². The number of hydrogen-bond acceptors (Lipinski definition) is 4. The molecule has 0 aliphatic carbocycles. The summed E-state index contributed by atoms with van der Waals surface area (Å²) in [6, 6.07) is 1.88. The Hall–Kier alpha value is -1.94. The summed E-state index contributed by atoms with van der Waals surface area (Å²) >= 11 is 0. The third kappa shape index (κ3) is 4.81. The summed E-state index contributed by atoms with van der Waals surface area (Å²) in [6.07, 6.45) is 4.44. The summed E-state index contributed by atoms with van der Waals surface area (Å²) in [7, 11) is 1.56. The maximum absolute atomic E-state index is 11.3. The van der Waals surface area contributed by atoms with Crippen LogP contribution in [0.3, 0.4) is 0 Å². The molecular weight excluding hydrogens is 280 g/mol. The lowest BCUT2D eigenvalue weighted by molar-refractivity contribution is -0.116. The fourth-order valence-electron chi connectivity index (χ4n) is 2.32. The zero-order valence-corrected chi connectivity index (χ0v) is 13.7. The molecule has 0 aromatic heterocycles. The number of aryl methyl sites for hydroxylation is 1. The Morgan fingerprint density at radius 1 is 1.32 bits per heavy atom. The van der Waals surface area contributed by atoms with Crippen LogP contribution in [-0.2, 0) is 22.6 Å². The molecule has 1 N–H and O–H groups in total. The molecule has 1 aromatic carbocycles. The number of hydrogen-bond donors (Lipinski definition) is 1. The van der Waals surface area contributed by atoms with Crippen molar-refractivity contribution in [2.75, 3.05) is 7.11 Å². The molecular formula is C18H24O4. The van der Waals surface area contributed by atoms with Crippen molar-refractivity contribution in [1.82, 2.24) is 0 Å². The van der Waals surface area contributed by atoms with Crippen molar-refractivity contribution in [3.8, 4) is 5.75 Å². The van der Waals surface area contributed by atoms with Crippen LogP contribution in [0.2, 0.25) is 0 Å². The summed E-state index contributed by atoms with van der Waals surface area (Å²) in [4.78, 5) is 22.3. The fraction of sp³-hybridized carbons (Fsp3) is 0.444. The van der Waals surface area contributed by atoms with Gasteiger partial charge in [-0.1, -0.05) is 17.7 Å². The highest BCUT2D eigenvalue weighted by atomic mass is 16.5. The number of aldehydes is 1. The molecule has 1 aromatic rings. The molecule has 0 saturated carbocycles. The first-order chi connectivity index (χ1) is 10.4. The number of carbonyl (C=O) groups excluding carboxylic acids is 2. The summed E-state index contributed by atoms with van der Waals surface area (Å²) in [5.41, 5.74) is 3.75. The first-order valence-corrected chi connectivity index (χ1v) is 7.34. The van der Waals surface area contributed by atoms with E-state index in [1.807, 2.05) is 26.0 Å². The lowest BCUT2D eigenvalue weighted by Gasteiger charge is -2.13. The first-order valence-electron chi connectivity index (χ1n) is 7.34. The smallest absolute Gasteiger partial charge is 0.154 e. The maximum Gasteiger partial charge on any atom is 0.154 e. The average molecular weight is 304 g/mol. The molecule has 4 heteroatoms. The van der Waals surface area contributed by atoms with Crippen LogP contribution in [0, 0.1) is 6.92 Å². The summed E-state index contributed by atoms with van der Waals surface area (Å²) in [5.74, 6) is 0.182. The van der Waals surface area contributed by atoms with Gasteiger partial charge in [0.25, 0.3) is 0 Å². The molecule has 0 spiro atoms. The Bertz CT molecular complexity index is 585. The Kier molecular flexibility index (Phi) is 6.99. The quantitative estimate of drug-likeness (QED) is 0.589. The van der Waals surface area contributed by atoms with E-state index >= 15 is 0 Å². The number of phenolic OH excluding ortho intramolecular Hbond substituents is 1. The molecule has 0 aliphatic rings. The Labute approximate surface area is 131 Å². The number of allylic oxidation sites excluding steroid dienone is 2. The molecule has 0 unspecified atom stereocenters. The van der Waals surface area contributed by atoms with Crippen LogP contribution >= 0.6 is 0 Å². The number of phenols is 1. The number of benzene rings is 1. The first kappa shape index (κ1) is 18.1. The molecule has 120 valence electrons. The van der Waals surface area contributed by atoms with Gasteiger partial charge >= 0.3 is 0 Å². The molecule has 1 rings (SSSR count). The van der Waals surface area contributed by atoms with Crippen LogP contribution in [0.1, 0.15) is 53.7 Å². The highest BCUT2D eigenvalue weighted by Crippen LogP contribution is 2.29. The molecule has 4 nitrogen and oxygen atoms in total. The van der Waals surface area contributed by atoms with E-state index < -0.39 is 0 Å². The predicted molar refractivity (Wildman–Crippen MR) is 86.3 cm³/mol. The van der Waals surface area contributed by atoms with Gasteiger partial charge in [-0.2, -0.15) is 0 Å². The Balaban J connectivity index is 3.01. The van der Waals surface area contributed by atoms with E-state index in [0.29, 0.717) is 36.9 Å². The molecule has 0 amide bonds. The van der Waals surface area contributed by atoms with E-state index in [9.17, 15) is 14.7 Å². The normalized spacial score (nSPS) is 11.5. The van der Waals surface area contributed by atoms with E-state index in [-0.39, 0.29) is 11.5 Å². The second-order valence-electron chi connectivity index (χ2n) is 5.60. The lowest BCUT2D eigenvalue weighted by Crippen LogP contribution is -2.02. The largest absolute Gasteiger partial charge is 0.507 e. The number of methoxy groups -OCH3 is 1. The van der Waals surface area contributed by atoms with Crippen LogP contribution in [0.5, 0.6) is 5.75 Å². The minimum atomic E-state index is 0.0169. The van der Waals surface area contributed by atoms with E-state index in [1.54, 1.807) is 14.0 Å². The SMILES string of the molecule is COCc1c(C)cc(C/C=C(\C)CCC(C)=O)c(O)c1C=O. The topological polar surface area (TPSA) is 63.6 Å². The predicted octanol–water partition coefficient (Wildman–Crippen LogP) is 3.52. The minimum Gasteiger partial charge on any atom is -0.507 e. The van der Waals surface area contributed by atoms with Crippen molar-refractivity contribution < 1.29 is 19.4 Å². The number of ketones is 1. The molecule has 22 heavy (non-hydrogen) atoms. The zero-order valence-electron chi connectivity index (χ0n) is 13.7. The zero-order chi connectivity index (χ0) is 16.7. The summed E-state index contributed by atoms with van der Waals surface area (Å²) < 4.78 is 5.08. The van der Waals surface area contributed by atoms with Crippen molar-refractivity contribution in [3.63, 3.8) is 0 Å². The number of ether oxygens (including phenoxy) is 1. The maximum atomic E-state index is 11.3. The molecule has 0 heterocycles. The van der Waals surface area contributed by atoms with Gasteiger partial charge in [0.05, 0.1) is 12.2 Å². The lowest BCUT2D eigenvalue weighted by atomic mass is 9.95. The molecule has 0 bridgehead atoms. The van der Waals surface area contributed by atoms with Crippen molar-refractivity contribution in [1.29, 1.82) is 0 Å². The molecule has 0 radical (unpaired) electrons. The van der Waals surface area contributed by atoms with Gasteiger partial charge in [-0.05, 0) is 50.3 Å². The van der Waals surface area contributed by atoms with E-state index in [0.717, 1.165) is 23.1 Å². The van der Waals surface area contributed by atoms with Gasteiger partial charge in [0.1, 0.15) is 11.5 Å². The number of rotatable bonds is 8. The number of carbonyl (C=O) groups is 2. The van der Waals surface area contributed by atoms with Crippen LogP contribution in [0.25, 0.3) is 0 Å². The average Bonchev–Trinajstić information content (AvgIpc) is 2.47. The Morgan fingerprint density at radius 2 is 2.00 bits per heavy atom. The van der Waals surface area contributed by atoms with Crippen LogP contribution in [0.15, 0.2) is 17.7 Å². The van der Waals surface area contributed by atoms with Gasteiger partial charge in [-0.25, -0.2) is 0 Å². The number of Topliss-reactive ketones (excluding diaryl/α,β-unsaturated/α-hetero) is 1. The standard InChI is InChI=1S/C18H24O4/c1-12(5-7-14(3)20)6-8-15-9-13(2)17(11-22-4)16(10-19)18(15)21/h6,9-10,21H,5,7-8,11H2,1-4H3/b12-6+. The van der Waals surface area contributed by atoms with Gasteiger partial charge < -0.3 is 14.6 Å². The van der Waals surface area contributed by atoms with Crippen LogP contribution in [0.4, 0.5) is 0 Å². The van der Waals surface area contributed by atoms with Crippen LogP contribution < -0.4 is 0 Å². The second-order valence-corrected chi connectivity index (χ2v) is 5.60. The molecule has 0 atom stereocenters. The second kappa shape index (κ2) is 8.49. The third-order valence-corrected chi connectivity index (χ3v) is 3.70. The van der Waals surface area contributed by atoms with Gasteiger partial charge in [0.15, 0.2) is 6.29 Å². The summed E-state index contributed by atoms with van der Waals surface area (Å²) in [6.45, 7) is 5.73. The van der Waals surface area contributed by atoms with Gasteiger partial charge in [0.2, 0.25) is 0 Å². The third-order valence-electron chi connectivity index (χ3n) is 3.70. The van der Waals surface area contributed by atoms with Gasteiger partial charge in [0, 0.05) is 13.5 Å². The van der Waals surface area contributed by atoms with Gasteiger partial charge in [-0.3, -0.25) is 4.79 Å². The number of aromatic hydroxyl groups is 1.